The van der Waals surface area contributed by atoms with Gasteiger partial charge in [-0.15, -0.1) is 0 Å². The fourth-order valence-corrected chi connectivity index (χ4v) is 3.89. The highest BCUT2D eigenvalue weighted by atomic mass is 127. The van der Waals surface area contributed by atoms with Gasteiger partial charge in [0.05, 0.1) is 11.4 Å². The number of H-pyrrole nitrogens is 1. The third-order valence-electron chi connectivity index (χ3n) is 5.02. The Balaban J connectivity index is 1.51. The topological polar surface area (TPSA) is 96.4 Å². The van der Waals surface area contributed by atoms with Crippen LogP contribution in [-0.4, -0.2) is 50.3 Å². The van der Waals surface area contributed by atoms with Crippen LogP contribution in [0.2, 0.25) is 0 Å². The van der Waals surface area contributed by atoms with Crippen molar-refractivity contribution in [1.29, 1.82) is 0 Å². The van der Waals surface area contributed by atoms with Crippen LogP contribution < -0.4 is 10.6 Å². The highest BCUT2D eigenvalue weighted by Gasteiger charge is 2.44. The summed E-state index contributed by atoms with van der Waals surface area (Å²) in [5, 5.41) is 26.9. The van der Waals surface area contributed by atoms with Crippen molar-refractivity contribution in [3.05, 3.63) is 69.3 Å². The molecule has 1 aliphatic rings. The molecule has 164 valence electrons. The number of nitrogens with zero attached hydrogens (tertiary/aromatic N) is 2. The van der Waals surface area contributed by atoms with Crippen molar-refractivity contribution in [3.63, 3.8) is 0 Å². The van der Waals surface area contributed by atoms with Crippen LogP contribution in [-0.2, 0) is 0 Å². The van der Waals surface area contributed by atoms with Crippen LogP contribution in [0.15, 0.2) is 42.7 Å². The molecule has 1 fully saturated rings. The van der Waals surface area contributed by atoms with Gasteiger partial charge in [0.15, 0.2) is 17.6 Å². The zero-order valence-electron chi connectivity index (χ0n) is 16.0. The van der Waals surface area contributed by atoms with Gasteiger partial charge in [-0.05, 0) is 52.9 Å². The van der Waals surface area contributed by atoms with Crippen LogP contribution >= 0.6 is 22.6 Å². The number of likely N-dealkylation sites (tertiary alicyclic amines) is 1. The molecule has 0 amide bonds. The summed E-state index contributed by atoms with van der Waals surface area (Å²) in [6.07, 6.45) is 1.86. The number of imidazole rings is 1. The first-order valence-electron chi connectivity index (χ1n) is 9.33. The Hall–Kier alpha value is -2.35. The van der Waals surface area contributed by atoms with Gasteiger partial charge < -0.3 is 25.8 Å². The minimum Gasteiger partial charge on any atom is -0.385 e. The maximum Gasteiger partial charge on any atom is 0.200 e. The van der Waals surface area contributed by atoms with Crippen LogP contribution in [0, 0.1) is 21.0 Å². The van der Waals surface area contributed by atoms with E-state index in [2.05, 4.69) is 20.6 Å². The third-order valence-corrected chi connectivity index (χ3v) is 5.69. The molecule has 5 N–H and O–H groups in total. The standard InChI is InChI=1S/C20H19F3IN5O2/c21-13-3-2-12(17(16(13)23)28-15-4-1-11(24)7-14(15)22)18(30)29-9-20(31,10-29)8-27-19-25-5-6-26-19/h1-7,18,28,30-31H,8-10H2,(H2,25,26,27). The number of aliphatic hydroxyl groups is 2. The van der Waals surface area contributed by atoms with E-state index in [1.807, 2.05) is 22.6 Å². The molecule has 3 aromatic rings. The summed E-state index contributed by atoms with van der Waals surface area (Å²) in [7, 11) is 0. The number of hydrogen-bond donors (Lipinski definition) is 5. The molecule has 0 bridgehead atoms. The van der Waals surface area contributed by atoms with Crippen LogP contribution in [0.5, 0.6) is 0 Å². The lowest BCUT2D eigenvalue weighted by Gasteiger charge is -2.48. The number of aromatic nitrogens is 2. The minimum absolute atomic E-state index is 0.0258. The lowest BCUT2D eigenvalue weighted by molar-refractivity contribution is -0.155. The SMILES string of the molecule is OC(c1ccc(F)c(F)c1Nc1ccc(I)cc1F)N1CC(O)(CNc2ncc[nH]2)C1. The molecular formula is C20H19F3IN5O2. The second kappa shape index (κ2) is 8.65. The predicted octanol–water partition coefficient (Wildman–Crippen LogP) is 3.32. The monoisotopic (exact) mass is 545 g/mol. The molecule has 1 aliphatic heterocycles. The Morgan fingerprint density at radius 1 is 1.19 bits per heavy atom. The van der Waals surface area contributed by atoms with E-state index in [0.717, 1.165) is 6.07 Å². The van der Waals surface area contributed by atoms with Gasteiger partial charge in [0.1, 0.15) is 17.6 Å². The Bertz CT molecular complexity index is 1080. The van der Waals surface area contributed by atoms with Crippen molar-refractivity contribution in [3.8, 4) is 0 Å². The maximum absolute atomic E-state index is 14.6. The molecule has 0 aliphatic carbocycles. The molecule has 0 saturated carbocycles. The largest absolute Gasteiger partial charge is 0.385 e. The van der Waals surface area contributed by atoms with Crippen LogP contribution in [0.4, 0.5) is 30.5 Å². The Kier molecular flexibility index (Phi) is 6.10. The van der Waals surface area contributed by atoms with Gasteiger partial charge in [-0.3, -0.25) is 4.90 Å². The Morgan fingerprint density at radius 2 is 1.97 bits per heavy atom. The normalized spacial score (nSPS) is 16.6. The van der Waals surface area contributed by atoms with E-state index in [0.29, 0.717) is 9.52 Å². The number of aromatic amines is 1. The van der Waals surface area contributed by atoms with E-state index < -0.39 is 29.3 Å². The van der Waals surface area contributed by atoms with E-state index in [1.165, 1.54) is 23.1 Å². The summed E-state index contributed by atoms with van der Waals surface area (Å²) >= 11 is 1.93. The minimum atomic E-state index is -1.34. The molecule has 0 radical (unpaired) electrons. The molecule has 1 saturated heterocycles. The van der Waals surface area contributed by atoms with Crippen molar-refractivity contribution >= 4 is 39.9 Å². The van der Waals surface area contributed by atoms with Crippen LogP contribution in [0.3, 0.4) is 0 Å². The second-order valence-electron chi connectivity index (χ2n) is 7.37. The van der Waals surface area contributed by atoms with Crippen molar-refractivity contribution in [2.45, 2.75) is 11.8 Å². The predicted molar refractivity (Wildman–Crippen MR) is 117 cm³/mol. The van der Waals surface area contributed by atoms with Gasteiger partial charge in [-0.2, -0.15) is 0 Å². The number of hydrogen-bond acceptors (Lipinski definition) is 6. The summed E-state index contributed by atoms with van der Waals surface area (Å²) in [4.78, 5) is 8.35. The van der Waals surface area contributed by atoms with Gasteiger partial charge in [0, 0.05) is 41.2 Å². The smallest absolute Gasteiger partial charge is 0.200 e. The fourth-order valence-electron chi connectivity index (χ4n) is 3.43. The zero-order valence-corrected chi connectivity index (χ0v) is 18.2. The molecule has 1 atom stereocenters. The number of benzene rings is 2. The number of β-amino-alcohol motifs (C(OH)–C–C–N with tert-alkyl or cyclic N) is 1. The first kappa shape index (κ1) is 21.9. The van der Waals surface area contributed by atoms with Crippen molar-refractivity contribution in [2.75, 3.05) is 30.3 Å². The number of halogens is 4. The molecule has 11 heteroatoms. The molecule has 1 aromatic heterocycles. The first-order valence-corrected chi connectivity index (χ1v) is 10.4. The lowest BCUT2D eigenvalue weighted by Crippen LogP contribution is -2.65. The lowest BCUT2D eigenvalue weighted by atomic mass is 9.92. The summed E-state index contributed by atoms with van der Waals surface area (Å²) in [6, 6.07) is 6.39. The molecule has 31 heavy (non-hydrogen) atoms. The first-order chi connectivity index (χ1) is 14.8. The summed E-state index contributed by atoms with van der Waals surface area (Å²) in [5.74, 6) is -2.51. The molecule has 4 rings (SSSR count). The average Bonchev–Trinajstić information content (AvgIpc) is 3.23. The number of rotatable bonds is 7. The summed E-state index contributed by atoms with van der Waals surface area (Å²) in [6.45, 7) is 0.344. The van der Waals surface area contributed by atoms with Crippen LogP contribution in [0.1, 0.15) is 11.8 Å². The molecular weight excluding hydrogens is 526 g/mol. The van der Waals surface area contributed by atoms with E-state index >= 15 is 0 Å². The van der Waals surface area contributed by atoms with Crippen LogP contribution in [0.25, 0.3) is 0 Å². The Labute approximate surface area is 189 Å². The highest BCUT2D eigenvalue weighted by molar-refractivity contribution is 14.1. The molecule has 2 aromatic carbocycles. The van der Waals surface area contributed by atoms with E-state index in [4.69, 9.17) is 0 Å². The summed E-state index contributed by atoms with van der Waals surface area (Å²) < 4.78 is 43.3. The van der Waals surface area contributed by atoms with Crippen molar-refractivity contribution in [2.24, 2.45) is 0 Å². The number of nitrogens with one attached hydrogen (secondary N) is 3. The van der Waals surface area contributed by atoms with E-state index in [-0.39, 0.29) is 36.6 Å². The van der Waals surface area contributed by atoms with Gasteiger partial charge in [-0.1, -0.05) is 0 Å². The average molecular weight is 545 g/mol. The van der Waals surface area contributed by atoms with Gasteiger partial charge >= 0.3 is 0 Å². The van der Waals surface area contributed by atoms with Gasteiger partial charge in [-0.25, -0.2) is 18.2 Å². The van der Waals surface area contributed by atoms with E-state index in [9.17, 15) is 23.4 Å². The van der Waals surface area contributed by atoms with Crippen molar-refractivity contribution in [1.82, 2.24) is 14.9 Å². The maximum atomic E-state index is 14.6. The molecule has 2 heterocycles. The van der Waals surface area contributed by atoms with Crippen molar-refractivity contribution < 1.29 is 23.4 Å². The third kappa shape index (κ3) is 4.63. The fraction of sp³-hybridized carbons (Fsp3) is 0.250. The quantitative estimate of drug-likeness (QED) is 0.293. The molecule has 7 nitrogen and oxygen atoms in total. The molecule has 0 spiro atoms. The number of anilines is 3. The van der Waals surface area contributed by atoms with Gasteiger partial charge in [0.2, 0.25) is 0 Å². The second-order valence-corrected chi connectivity index (χ2v) is 8.61. The zero-order chi connectivity index (χ0) is 22.2. The van der Waals surface area contributed by atoms with Gasteiger partial charge in [0.25, 0.3) is 0 Å². The summed E-state index contributed by atoms with van der Waals surface area (Å²) in [5.41, 5.74) is -1.53. The Morgan fingerprint density at radius 3 is 2.65 bits per heavy atom. The van der Waals surface area contributed by atoms with E-state index in [1.54, 1.807) is 18.5 Å². The number of aliphatic hydroxyl groups excluding tert-OH is 1. The molecule has 1 unspecified atom stereocenters. The highest BCUT2D eigenvalue weighted by Crippen LogP contribution is 2.36.